The van der Waals surface area contributed by atoms with Gasteiger partial charge < -0.3 is 5.41 Å². The highest BCUT2D eigenvalue weighted by Gasteiger charge is 1.95. The van der Waals surface area contributed by atoms with E-state index < -0.39 is 0 Å². The molecule has 2 nitrogen and oxygen atoms in total. The molecule has 0 unspecified atom stereocenters. The number of pyridine rings is 1. The van der Waals surface area contributed by atoms with E-state index >= 15 is 0 Å². The van der Waals surface area contributed by atoms with Gasteiger partial charge in [-0.3, -0.25) is 4.98 Å². The van der Waals surface area contributed by atoms with E-state index in [9.17, 15) is 0 Å². The summed E-state index contributed by atoms with van der Waals surface area (Å²) in [6.45, 7) is 8.23. The van der Waals surface area contributed by atoms with Crippen molar-refractivity contribution >= 4 is 12.3 Å². The molecule has 0 amide bonds. The monoisotopic (exact) mass is 204 g/mol. The molecular formula is C13H20N2. The second-order valence-electron chi connectivity index (χ2n) is 3.23. The Kier molecular flexibility index (Phi) is 7.16. The highest BCUT2D eigenvalue weighted by molar-refractivity contribution is 5.81. The van der Waals surface area contributed by atoms with Gasteiger partial charge in [0.2, 0.25) is 0 Å². The summed E-state index contributed by atoms with van der Waals surface area (Å²) < 4.78 is 0. The lowest BCUT2D eigenvalue weighted by Gasteiger charge is -1.98. The molecule has 1 aromatic heterocycles. The zero-order valence-electron chi connectivity index (χ0n) is 9.99. The van der Waals surface area contributed by atoms with Crippen LogP contribution in [0.2, 0.25) is 0 Å². The highest BCUT2D eigenvalue weighted by Crippen LogP contribution is 2.06. The molecule has 1 rings (SSSR count). The largest absolute Gasteiger partial charge is 0.308 e. The molecule has 0 aromatic carbocycles. The molecule has 2 heteroatoms. The fourth-order valence-corrected chi connectivity index (χ4v) is 0.975. The second kappa shape index (κ2) is 7.92. The van der Waals surface area contributed by atoms with Gasteiger partial charge in [-0.2, -0.15) is 0 Å². The zero-order chi connectivity index (χ0) is 11.7. The maximum absolute atomic E-state index is 7.17. The topological polar surface area (TPSA) is 36.7 Å². The molecule has 82 valence electrons. The van der Waals surface area contributed by atoms with E-state index in [1.54, 1.807) is 6.20 Å². The average molecular weight is 204 g/mol. The zero-order valence-corrected chi connectivity index (χ0v) is 9.99. The molecule has 0 atom stereocenters. The van der Waals surface area contributed by atoms with Crippen molar-refractivity contribution in [3.63, 3.8) is 0 Å². The van der Waals surface area contributed by atoms with Crippen LogP contribution in [-0.4, -0.2) is 11.2 Å². The Bertz CT molecular complexity index is 314. The quantitative estimate of drug-likeness (QED) is 0.747. The predicted molar refractivity (Wildman–Crippen MR) is 67.3 cm³/mol. The first kappa shape index (κ1) is 13.6. The SMILES string of the molecule is CC.CC(C)/C=C/c1ncccc1C=N. The van der Waals surface area contributed by atoms with Crippen molar-refractivity contribution < 1.29 is 0 Å². The van der Waals surface area contributed by atoms with Crippen molar-refractivity contribution in [1.29, 1.82) is 5.41 Å². The van der Waals surface area contributed by atoms with Crippen LogP contribution in [-0.2, 0) is 0 Å². The molecule has 0 bridgehead atoms. The van der Waals surface area contributed by atoms with Crippen molar-refractivity contribution in [1.82, 2.24) is 4.98 Å². The van der Waals surface area contributed by atoms with Crippen LogP contribution in [0.4, 0.5) is 0 Å². The lowest BCUT2D eigenvalue weighted by molar-refractivity contribution is 0.836. The summed E-state index contributed by atoms with van der Waals surface area (Å²) in [6.07, 6.45) is 7.11. The molecule has 0 saturated carbocycles. The van der Waals surface area contributed by atoms with Crippen LogP contribution < -0.4 is 0 Å². The van der Waals surface area contributed by atoms with E-state index in [0.29, 0.717) is 5.92 Å². The first-order chi connectivity index (χ1) is 7.24. The summed E-state index contributed by atoms with van der Waals surface area (Å²) in [5.41, 5.74) is 1.73. The summed E-state index contributed by atoms with van der Waals surface area (Å²) in [5, 5.41) is 7.17. The first-order valence-electron chi connectivity index (χ1n) is 5.37. The van der Waals surface area contributed by atoms with Crippen LogP contribution in [0.5, 0.6) is 0 Å². The molecule has 1 aromatic rings. The molecule has 0 radical (unpaired) electrons. The van der Waals surface area contributed by atoms with E-state index in [1.807, 2.05) is 32.1 Å². The lowest BCUT2D eigenvalue weighted by atomic mass is 10.1. The smallest absolute Gasteiger partial charge is 0.0714 e. The number of rotatable bonds is 3. The molecule has 1 N–H and O–H groups in total. The third kappa shape index (κ3) is 5.11. The minimum Gasteiger partial charge on any atom is -0.308 e. The van der Waals surface area contributed by atoms with Crippen molar-refractivity contribution in [2.24, 2.45) is 5.92 Å². The Morgan fingerprint density at radius 1 is 1.33 bits per heavy atom. The maximum atomic E-state index is 7.17. The minimum atomic E-state index is 0.514. The molecule has 0 aliphatic rings. The van der Waals surface area contributed by atoms with Gasteiger partial charge in [-0.05, 0) is 24.1 Å². The van der Waals surface area contributed by atoms with E-state index in [0.717, 1.165) is 11.3 Å². The van der Waals surface area contributed by atoms with Crippen molar-refractivity contribution in [2.75, 3.05) is 0 Å². The number of aromatic nitrogens is 1. The van der Waals surface area contributed by atoms with Gasteiger partial charge in [-0.1, -0.05) is 33.8 Å². The van der Waals surface area contributed by atoms with E-state index in [4.69, 9.17) is 5.41 Å². The molecule has 0 spiro atoms. The summed E-state index contributed by atoms with van der Waals surface area (Å²) in [5.74, 6) is 0.514. The Hall–Kier alpha value is -1.44. The molecule has 15 heavy (non-hydrogen) atoms. The van der Waals surface area contributed by atoms with Crippen molar-refractivity contribution in [3.8, 4) is 0 Å². The number of hydrogen-bond acceptors (Lipinski definition) is 2. The number of allylic oxidation sites excluding steroid dienone is 1. The Labute approximate surface area is 92.6 Å². The lowest BCUT2D eigenvalue weighted by Crippen LogP contribution is -1.89. The van der Waals surface area contributed by atoms with Gasteiger partial charge >= 0.3 is 0 Å². The Balaban J connectivity index is 0.000000921. The summed E-state index contributed by atoms with van der Waals surface area (Å²) in [4.78, 5) is 4.18. The number of hydrogen-bond donors (Lipinski definition) is 1. The normalized spacial score (nSPS) is 9.93. The molecular weight excluding hydrogens is 184 g/mol. The highest BCUT2D eigenvalue weighted by atomic mass is 14.7. The van der Waals surface area contributed by atoms with Gasteiger partial charge in [0.1, 0.15) is 0 Å². The summed E-state index contributed by atoms with van der Waals surface area (Å²) >= 11 is 0. The average Bonchev–Trinajstić information content (AvgIpc) is 2.29. The standard InChI is InChI=1S/C11H14N2.C2H6/c1-9(2)5-6-11-10(8-12)4-3-7-13-11;1-2/h3-9,12H,1-2H3;1-2H3/b6-5+,12-8?;. The number of nitrogens with zero attached hydrogens (tertiary/aromatic N) is 1. The fraction of sp³-hybridized carbons (Fsp3) is 0.385. The van der Waals surface area contributed by atoms with Gasteiger partial charge in [-0.25, -0.2) is 0 Å². The minimum absolute atomic E-state index is 0.514. The van der Waals surface area contributed by atoms with Crippen molar-refractivity contribution in [3.05, 3.63) is 35.7 Å². The van der Waals surface area contributed by atoms with Gasteiger partial charge in [0.05, 0.1) is 5.69 Å². The molecule has 0 fully saturated rings. The molecule has 0 saturated heterocycles. The second-order valence-corrected chi connectivity index (χ2v) is 3.23. The van der Waals surface area contributed by atoms with Gasteiger partial charge in [-0.15, -0.1) is 0 Å². The van der Waals surface area contributed by atoms with Gasteiger partial charge in [0.25, 0.3) is 0 Å². The van der Waals surface area contributed by atoms with Crippen LogP contribution in [0.3, 0.4) is 0 Å². The third-order valence-electron chi connectivity index (χ3n) is 1.67. The van der Waals surface area contributed by atoms with Crippen LogP contribution >= 0.6 is 0 Å². The van der Waals surface area contributed by atoms with E-state index in [1.165, 1.54) is 6.21 Å². The summed E-state index contributed by atoms with van der Waals surface area (Å²) in [7, 11) is 0. The third-order valence-corrected chi connectivity index (χ3v) is 1.67. The van der Waals surface area contributed by atoms with E-state index in [-0.39, 0.29) is 0 Å². The van der Waals surface area contributed by atoms with Crippen LogP contribution in [0.15, 0.2) is 24.4 Å². The van der Waals surface area contributed by atoms with Gasteiger partial charge in [0, 0.05) is 18.0 Å². The van der Waals surface area contributed by atoms with E-state index in [2.05, 4.69) is 24.9 Å². The maximum Gasteiger partial charge on any atom is 0.0714 e. The fourth-order valence-electron chi connectivity index (χ4n) is 0.975. The summed E-state index contributed by atoms with van der Waals surface area (Å²) in [6, 6.07) is 3.73. The molecule has 0 aliphatic heterocycles. The molecule has 0 aliphatic carbocycles. The van der Waals surface area contributed by atoms with Crippen LogP contribution in [0, 0.1) is 11.3 Å². The predicted octanol–water partition coefficient (Wildman–Crippen LogP) is 3.77. The van der Waals surface area contributed by atoms with Crippen LogP contribution in [0.1, 0.15) is 39.0 Å². The first-order valence-corrected chi connectivity index (χ1v) is 5.37. The Morgan fingerprint density at radius 3 is 2.53 bits per heavy atom. The van der Waals surface area contributed by atoms with Crippen molar-refractivity contribution in [2.45, 2.75) is 27.7 Å². The van der Waals surface area contributed by atoms with Crippen LogP contribution in [0.25, 0.3) is 6.08 Å². The number of nitrogens with one attached hydrogen (secondary N) is 1. The molecule has 1 heterocycles. The Morgan fingerprint density at radius 2 is 2.00 bits per heavy atom. The van der Waals surface area contributed by atoms with Gasteiger partial charge in [0.15, 0.2) is 0 Å².